The number of carbonyl (C=O) groups excluding carboxylic acids is 3. The molecule has 1 saturated heterocycles. The van der Waals surface area contributed by atoms with Gasteiger partial charge in [-0.2, -0.15) is 0 Å². The van der Waals surface area contributed by atoms with Crippen molar-refractivity contribution >= 4 is 23.4 Å². The molecule has 0 aromatic heterocycles. The monoisotopic (exact) mass is 428 g/mol. The van der Waals surface area contributed by atoms with Crippen molar-refractivity contribution in [3.63, 3.8) is 0 Å². The second-order valence-corrected chi connectivity index (χ2v) is 7.71. The van der Waals surface area contributed by atoms with E-state index in [1.54, 1.807) is 31.2 Å². The molecule has 1 unspecified atom stereocenters. The fraction of sp³-hybridized carbons (Fsp3) is 0.192. The number of hydrogen-bond donors (Lipinski definition) is 1. The van der Waals surface area contributed by atoms with Crippen molar-refractivity contribution < 1.29 is 19.1 Å². The van der Waals surface area contributed by atoms with Gasteiger partial charge in [0.2, 0.25) is 11.8 Å². The van der Waals surface area contributed by atoms with E-state index in [1.807, 2.05) is 54.6 Å². The Bertz CT molecular complexity index is 1090. The lowest BCUT2D eigenvalue weighted by molar-refractivity contribution is -0.139. The summed E-state index contributed by atoms with van der Waals surface area (Å²) in [4.78, 5) is 37.3. The van der Waals surface area contributed by atoms with Crippen LogP contribution in [0.25, 0.3) is 11.1 Å². The van der Waals surface area contributed by atoms with Gasteiger partial charge in [-0.1, -0.05) is 54.6 Å². The quantitative estimate of drug-likeness (QED) is 0.566. The minimum Gasteiger partial charge on any atom is -0.481 e. The van der Waals surface area contributed by atoms with Gasteiger partial charge >= 0.3 is 0 Å². The van der Waals surface area contributed by atoms with E-state index in [-0.39, 0.29) is 37.1 Å². The van der Waals surface area contributed by atoms with Gasteiger partial charge in [-0.15, -0.1) is 0 Å². The third-order valence-electron chi connectivity index (χ3n) is 5.36. The molecule has 4 rings (SSSR count). The van der Waals surface area contributed by atoms with Crippen molar-refractivity contribution in [1.29, 1.82) is 0 Å². The first-order chi connectivity index (χ1) is 15.5. The van der Waals surface area contributed by atoms with E-state index in [9.17, 15) is 14.4 Å². The highest BCUT2D eigenvalue weighted by atomic mass is 16.5. The molecule has 32 heavy (non-hydrogen) atoms. The predicted octanol–water partition coefficient (Wildman–Crippen LogP) is 4.41. The molecule has 0 bridgehead atoms. The summed E-state index contributed by atoms with van der Waals surface area (Å²) in [6.07, 6.45) is -0.128. The Labute approximate surface area is 186 Å². The van der Waals surface area contributed by atoms with E-state index in [2.05, 4.69) is 5.32 Å². The molecule has 0 aliphatic carbocycles. The lowest BCUT2D eigenvalue weighted by atomic mass is 10.1. The van der Waals surface area contributed by atoms with Gasteiger partial charge < -0.3 is 10.1 Å². The molecule has 1 fully saturated rings. The van der Waals surface area contributed by atoms with Gasteiger partial charge in [0, 0.05) is 18.5 Å². The highest BCUT2D eigenvalue weighted by Crippen LogP contribution is 2.23. The van der Waals surface area contributed by atoms with Crippen LogP contribution in [0.3, 0.4) is 0 Å². The molecular formula is C26H24N2O4. The maximum absolute atomic E-state index is 12.5. The third-order valence-corrected chi connectivity index (χ3v) is 5.36. The van der Waals surface area contributed by atoms with Crippen molar-refractivity contribution in [1.82, 2.24) is 4.90 Å². The Hall–Kier alpha value is -3.93. The van der Waals surface area contributed by atoms with Crippen LogP contribution in [0.4, 0.5) is 5.69 Å². The highest BCUT2D eigenvalue weighted by molar-refractivity contribution is 6.01. The predicted molar refractivity (Wildman–Crippen MR) is 122 cm³/mol. The Morgan fingerprint density at radius 3 is 2.09 bits per heavy atom. The number of carbonyl (C=O) groups is 3. The number of likely N-dealkylation sites (tertiary alicyclic amines) is 1. The van der Waals surface area contributed by atoms with Crippen LogP contribution in [0.5, 0.6) is 5.75 Å². The van der Waals surface area contributed by atoms with Crippen LogP contribution in [0.15, 0.2) is 78.9 Å². The fourth-order valence-electron chi connectivity index (χ4n) is 3.53. The number of amides is 3. The van der Waals surface area contributed by atoms with Crippen LogP contribution >= 0.6 is 0 Å². The van der Waals surface area contributed by atoms with Gasteiger partial charge in [0.15, 0.2) is 6.10 Å². The lowest BCUT2D eigenvalue weighted by Crippen LogP contribution is -2.30. The molecule has 3 amide bonds. The van der Waals surface area contributed by atoms with Crippen LogP contribution in [0, 0.1) is 0 Å². The van der Waals surface area contributed by atoms with Crippen molar-refractivity contribution in [2.24, 2.45) is 0 Å². The molecule has 1 heterocycles. The molecule has 6 nitrogen and oxygen atoms in total. The van der Waals surface area contributed by atoms with E-state index >= 15 is 0 Å². The first-order valence-corrected chi connectivity index (χ1v) is 10.5. The Morgan fingerprint density at radius 2 is 1.47 bits per heavy atom. The first kappa shape index (κ1) is 21.3. The van der Waals surface area contributed by atoms with Crippen LogP contribution < -0.4 is 10.1 Å². The lowest BCUT2D eigenvalue weighted by Gasteiger charge is -2.16. The molecule has 162 valence electrons. The maximum Gasteiger partial charge on any atom is 0.265 e. The normalized spacial score (nSPS) is 14.3. The summed E-state index contributed by atoms with van der Waals surface area (Å²) < 4.78 is 5.78. The first-order valence-electron chi connectivity index (χ1n) is 10.5. The van der Waals surface area contributed by atoms with Crippen molar-refractivity contribution in [3.05, 3.63) is 84.4 Å². The fourth-order valence-corrected chi connectivity index (χ4v) is 3.53. The molecule has 3 aromatic rings. The Kier molecular flexibility index (Phi) is 6.31. The number of hydrogen-bond acceptors (Lipinski definition) is 4. The van der Waals surface area contributed by atoms with E-state index in [4.69, 9.17) is 4.74 Å². The zero-order valence-corrected chi connectivity index (χ0v) is 17.8. The summed E-state index contributed by atoms with van der Waals surface area (Å²) in [7, 11) is 0. The Balaban J connectivity index is 1.31. The average Bonchev–Trinajstić information content (AvgIpc) is 3.13. The van der Waals surface area contributed by atoms with Crippen molar-refractivity contribution in [2.45, 2.75) is 32.4 Å². The largest absolute Gasteiger partial charge is 0.481 e. The number of anilines is 1. The van der Waals surface area contributed by atoms with E-state index < -0.39 is 6.10 Å². The summed E-state index contributed by atoms with van der Waals surface area (Å²) in [5.41, 5.74) is 3.64. The summed E-state index contributed by atoms with van der Waals surface area (Å²) >= 11 is 0. The van der Waals surface area contributed by atoms with Crippen LogP contribution in [-0.2, 0) is 20.9 Å². The second-order valence-electron chi connectivity index (χ2n) is 7.71. The molecule has 6 heteroatoms. The van der Waals surface area contributed by atoms with Crippen molar-refractivity contribution in [2.75, 3.05) is 5.32 Å². The topological polar surface area (TPSA) is 75.7 Å². The SMILES string of the molecule is CC(Oc1ccc(-c2ccccc2)cc1)C(=O)Nc1ccc(CN2C(=O)CCC2=O)cc1. The van der Waals surface area contributed by atoms with Crippen LogP contribution in [0.2, 0.25) is 0 Å². The minimum atomic E-state index is -0.683. The molecule has 1 aliphatic heterocycles. The molecule has 3 aromatic carbocycles. The number of ether oxygens (including phenoxy) is 1. The highest BCUT2D eigenvalue weighted by Gasteiger charge is 2.28. The molecule has 1 N–H and O–H groups in total. The smallest absolute Gasteiger partial charge is 0.265 e. The number of benzene rings is 3. The molecule has 1 atom stereocenters. The number of imide groups is 1. The van der Waals surface area contributed by atoms with Gasteiger partial charge in [0.25, 0.3) is 5.91 Å². The number of nitrogens with zero attached hydrogens (tertiary/aromatic N) is 1. The molecule has 1 aliphatic rings. The zero-order valence-electron chi connectivity index (χ0n) is 17.8. The van der Waals surface area contributed by atoms with Crippen molar-refractivity contribution in [3.8, 4) is 16.9 Å². The molecule has 0 saturated carbocycles. The summed E-state index contributed by atoms with van der Waals surface area (Å²) in [6, 6.07) is 24.7. The van der Waals surface area contributed by atoms with Crippen LogP contribution in [-0.4, -0.2) is 28.7 Å². The van der Waals surface area contributed by atoms with E-state index in [1.165, 1.54) is 4.90 Å². The molecule has 0 spiro atoms. The van der Waals surface area contributed by atoms with Gasteiger partial charge in [-0.05, 0) is 47.9 Å². The number of nitrogens with one attached hydrogen (secondary N) is 1. The van der Waals surface area contributed by atoms with Gasteiger partial charge in [0.05, 0.1) is 6.54 Å². The molecule has 0 radical (unpaired) electrons. The standard InChI is InChI=1S/C26H24N2O4/c1-18(32-23-13-9-21(10-14-23)20-5-3-2-4-6-20)26(31)27-22-11-7-19(8-12-22)17-28-24(29)15-16-25(28)30/h2-14,18H,15-17H2,1H3,(H,27,31). The van der Waals surface area contributed by atoms with Gasteiger partial charge in [-0.25, -0.2) is 0 Å². The Morgan fingerprint density at radius 1 is 0.875 bits per heavy atom. The third kappa shape index (κ3) is 5.03. The van der Waals surface area contributed by atoms with E-state index in [0.717, 1.165) is 16.7 Å². The van der Waals surface area contributed by atoms with Gasteiger partial charge in [0.1, 0.15) is 5.75 Å². The van der Waals surface area contributed by atoms with Gasteiger partial charge in [-0.3, -0.25) is 19.3 Å². The average molecular weight is 428 g/mol. The summed E-state index contributed by atoms with van der Waals surface area (Å²) in [6.45, 7) is 1.95. The maximum atomic E-state index is 12.5. The summed E-state index contributed by atoms with van der Waals surface area (Å²) in [5, 5.41) is 2.83. The zero-order chi connectivity index (χ0) is 22.5. The second kappa shape index (κ2) is 9.47. The molecular weight excluding hydrogens is 404 g/mol. The summed E-state index contributed by atoms with van der Waals surface area (Å²) in [5.74, 6) is 0.0581. The minimum absolute atomic E-state index is 0.143. The number of rotatable bonds is 7. The van der Waals surface area contributed by atoms with Crippen LogP contribution in [0.1, 0.15) is 25.3 Å². The van der Waals surface area contributed by atoms with E-state index in [0.29, 0.717) is 11.4 Å².